The van der Waals surface area contributed by atoms with Crippen LogP contribution in [0.15, 0.2) is 35.3 Å². The normalized spacial score (nSPS) is 18.1. The Morgan fingerprint density at radius 1 is 1.26 bits per heavy atom. The van der Waals surface area contributed by atoms with Crippen molar-refractivity contribution in [1.29, 1.82) is 0 Å². The summed E-state index contributed by atoms with van der Waals surface area (Å²) in [6, 6.07) is 10.6. The van der Waals surface area contributed by atoms with Crippen LogP contribution >= 0.6 is 0 Å². The lowest BCUT2D eigenvalue weighted by molar-refractivity contribution is -0.119. The van der Waals surface area contributed by atoms with Crippen molar-refractivity contribution in [2.45, 2.75) is 32.6 Å². The Balaban J connectivity index is 1.94. The van der Waals surface area contributed by atoms with Gasteiger partial charge in [0.1, 0.15) is 6.54 Å². The smallest absolute Gasteiger partial charge is 0.241 e. The van der Waals surface area contributed by atoms with E-state index in [2.05, 4.69) is 57.8 Å². The molecule has 0 saturated carbocycles. The standard InChI is InChI=1S/C18H28N4O/c1-3-11-20-17(23)13-21-18(19-4-2)22-12-10-16(14-22)15-8-6-5-7-9-15/h5-9,16H,3-4,10-14H2,1-2H3,(H,19,21)(H,20,23). The molecule has 0 aliphatic carbocycles. The highest BCUT2D eigenvalue weighted by atomic mass is 16.1. The van der Waals surface area contributed by atoms with Crippen LogP contribution in [0.25, 0.3) is 0 Å². The van der Waals surface area contributed by atoms with Crippen molar-refractivity contribution in [2.75, 3.05) is 32.7 Å². The minimum Gasteiger partial charge on any atom is -0.357 e. The van der Waals surface area contributed by atoms with Gasteiger partial charge in [0.25, 0.3) is 0 Å². The van der Waals surface area contributed by atoms with Crippen LogP contribution < -0.4 is 10.6 Å². The van der Waals surface area contributed by atoms with Gasteiger partial charge in [-0.3, -0.25) is 4.79 Å². The maximum absolute atomic E-state index is 11.7. The molecule has 1 aromatic rings. The van der Waals surface area contributed by atoms with Crippen molar-refractivity contribution in [3.8, 4) is 0 Å². The molecule has 23 heavy (non-hydrogen) atoms. The van der Waals surface area contributed by atoms with Gasteiger partial charge in [-0.25, -0.2) is 4.99 Å². The number of nitrogens with one attached hydrogen (secondary N) is 2. The van der Waals surface area contributed by atoms with Crippen molar-refractivity contribution in [2.24, 2.45) is 4.99 Å². The fourth-order valence-electron chi connectivity index (χ4n) is 2.84. The van der Waals surface area contributed by atoms with E-state index in [1.54, 1.807) is 0 Å². The maximum Gasteiger partial charge on any atom is 0.241 e. The number of hydrogen-bond acceptors (Lipinski definition) is 2. The van der Waals surface area contributed by atoms with Crippen molar-refractivity contribution >= 4 is 11.9 Å². The average Bonchev–Trinajstić information content (AvgIpc) is 3.07. The molecule has 1 aliphatic rings. The van der Waals surface area contributed by atoms with Crippen LogP contribution in [-0.2, 0) is 4.79 Å². The summed E-state index contributed by atoms with van der Waals surface area (Å²) >= 11 is 0. The molecule has 126 valence electrons. The summed E-state index contributed by atoms with van der Waals surface area (Å²) in [7, 11) is 0. The van der Waals surface area contributed by atoms with Crippen molar-refractivity contribution in [3.05, 3.63) is 35.9 Å². The van der Waals surface area contributed by atoms with E-state index in [4.69, 9.17) is 0 Å². The molecular formula is C18H28N4O. The molecule has 5 nitrogen and oxygen atoms in total. The first-order chi connectivity index (χ1) is 11.2. The van der Waals surface area contributed by atoms with Crippen LogP contribution in [0, 0.1) is 0 Å². The number of nitrogens with zero attached hydrogens (tertiary/aromatic N) is 2. The molecular weight excluding hydrogens is 288 g/mol. The Labute approximate surface area is 139 Å². The van der Waals surface area contributed by atoms with Crippen LogP contribution in [0.4, 0.5) is 0 Å². The zero-order chi connectivity index (χ0) is 16.5. The van der Waals surface area contributed by atoms with Gasteiger partial charge in [-0.05, 0) is 25.3 Å². The third kappa shape index (κ3) is 5.27. The molecule has 0 aromatic heterocycles. The van der Waals surface area contributed by atoms with Crippen molar-refractivity contribution in [1.82, 2.24) is 15.5 Å². The molecule has 2 N–H and O–H groups in total. The molecule has 1 heterocycles. The number of rotatable bonds is 6. The number of aliphatic imine (C=N–C) groups is 1. The summed E-state index contributed by atoms with van der Waals surface area (Å²) in [4.78, 5) is 18.5. The molecule has 1 unspecified atom stereocenters. The summed E-state index contributed by atoms with van der Waals surface area (Å²) in [5.74, 6) is 1.37. The van der Waals surface area contributed by atoms with Gasteiger partial charge in [0.15, 0.2) is 5.96 Å². The minimum absolute atomic E-state index is 0.0129. The Hall–Kier alpha value is -2.04. The Morgan fingerprint density at radius 2 is 2.04 bits per heavy atom. The second kappa shape index (κ2) is 9.18. The third-order valence-corrected chi connectivity index (χ3v) is 4.04. The molecule has 1 saturated heterocycles. The predicted molar refractivity (Wildman–Crippen MR) is 94.7 cm³/mol. The summed E-state index contributed by atoms with van der Waals surface area (Å²) < 4.78 is 0. The number of benzene rings is 1. The number of carbonyl (C=O) groups excluding carboxylic acids is 1. The lowest BCUT2D eigenvalue weighted by Crippen LogP contribution is -2.41. The summed E-state index contributed by atoms with van der Waals surface area (Å²) in [5.41, 5.74) is 1.38. The van der Waals surface area contributed by atoms with E-state index >= 15 is 0 Å². The predicted octanol–water partition coefficient (Wildman–Crippen LogP) is 1.97. The van der Waals surface area contributed by atoms with Crippen LogP contribution in [0.2, 0.25) is 0 Å². The van der Waals surface area contributed by atoms with Gasteiger partial charge in [0, 0.05) is 32.1 Å². The SMILES string of the molecule is CCCNC(=O)CN=C(NCC)N1CCC(c2ccccc2)C1. The van der Waals surface area contributed by atoms with E-state index < -0.39 is 0 Å². The van der Waals surface area contributed by atoms with E-state index in [-0.39, 0.29) is 12.5 Å². The number of hydrogen-bond donors (Lipinski definition) is 2. The molecule has 1 amide bonds. The fraction of sp³-hybridized carbons (Fsp3) is 0.556. The van der Waals surface area contributed by atoms with Crippen LogP contribution in [0.1, 0.15) is 38.2 Å². The zero-order valence-electron chi connectivity index (χ0n) is 14.2. The average molecular weight is 316 g/mol. The first-order valence-electron chi connectivity index (χ1n) is 8.59. The molecule has 1 aliphatic heterocycles. The van der Waals surface area contributed by atoms with E-state index in [9.17, 15) is 4.79 Å². The fourth-order valence-corrected chi connectivity index (χ4v) is 2.84. The monoisotopic (exact) mass is 316 g/mol. The molecule has 1 fully saturated rings. The van der Waals surface area contributed by atoms with Crippen LogP contribution in [0.3, 0.4) is 0 Å². The minimum atomic E-state index is -0.0129. The van der Waals surface area contributed by atoms with Gasteiger partial charge < -0.3 is 15.5 Å². The molecule has 1 aromatic carbocycles. The maximum atomic E-state index is 11.7. The molecule has 1 atom stereocenters. The zero-order valence-corrected chi connectivity index (χ0v) is 14.2. The first-order valence-corrected chi connectivity index (χ1v) is 8.59. The molecule has 0 bridgehead atoms. The van der Waals surface area contributed by atoms with E-state index in [0.29, 0.717) is 12.5 Å². The van der Waals surface area contributed by atoms with E-state index in [1.807, 2.05) is 6.92 Å². The second-order valence-electron chi connectivity index (χ2n) is 5.86. The topological polar surface area (TPSA) is 56.7 Å². The van der Waals surface area contributed by atoms with Crippen molar-refractivity contribution in [3.63, 3.8) is 0 Å². The lowest BCUT2D eigenvalue weighted by atomic mass is 9.99. The quantitative estimate of drug-likeness (QED) is 0.623. The number of guanidine groups is 1. The van der Waals surface area contributed by atoms with E-state index in [0.717, 1.165) is 38.4 Å². The highest BCUT2D eigenvalue weighted by Crippen LogP contribution is 2.26. The number of carbonyl (C=O) groups is 1. The number of amides is 1. The van der Waals surface area contributed by atoms with E-state index in [1.165, 1.54) is 5.56 Å². The van der Waals surface area contributed by atoms with Gasteiger partial charge >= 0.3 is 0 Å². The van der Waals surface area contributed by atoms with Gasteiger partial charge in [-0.1, -0.05) is 37.3 Å². The molecule has 5 heteroatoms. The largest absolute Gasteiger partial charge is 0.357 e. The van der Waals surface area contributed by atoms with Crippen molar-refractivity contribution < 1.29 is 4.79 Å². The molecule has 0 spiro atoms. The Kier molecular flexibility index (Phi) is 6.91. The summed E-state index contributed by atoms with van der Waals surface area (Å²) in [6.45, 7) is 7.73. The highest BCUT2D eigenvalue weighted by Gasteiger charge is 2.25. The summed E-state index contributed by atoms with van der Waals surface area (Å²) in [5, 5.41) is 6.17. The first kappa shape index (κ1) is 17.3. The second-order valence-corrected chi connectivity index (χ2v) is 5.86. The third-order valence-electron chi connectivity index (χ3n) is 4.04. The van der Waals surface area contributed by atoms with Crippen LogP contribution in [0.5, 0.6) is 0 Å². The van der Waals surface area contributed by atoms with Gasteiger partial charge in [0.2, 0.25) is 5.91 Å². The Bertz CT molecular complexity index is 515. The molecule has 0 radical (unpaired) electrons. The summed E-state index contributed by atoms with van der Waals surface area (Å²) in [6.07, 6.45) is 2.07. The van der Waals surface area contributed by atoms with Crippen LogP contribution in [-0.4, -0.2) is 49.5 Å². The Morgan fingerprint density at radius 3 is 2.74 bits per heavy atom. The molecule has 2 rings (SSSR count). The van der Waals surface area contributed by atoms with Gasteiger partial charge in [0.05, 0.1) is 0 Å². The lowest BCUT2D eigenvalue weighted by Gasteiger charge is -2.21. The van der Waals surface area contributed by atoms with Gasteiger partial charge in [-0.2, -0.15) is 0 Å². The number of likely N-dealkylation sites (tertiary alicyclic amines) is 1. The highest BCUT2D eigenvalue weighted by molar-refractivity contribution is 5.85. The van der Waals surface area contributed by atoms with Gasteiger partial charge in [-0.15, -0.1) is 0 Å².